The van der Waals surface area contributed by atoms with Gasteiger partial charge in [-0.1, -0.05) is 31.2 Å². The zero-order valence-corrected chi connectivity index (χ0v) is 16.7. The molecule has 0 unspecified atom stereocenters. The second kappa shape index (κ2) is 9.41. The predicted molar refractivity (Wildman–Crippen MR) is 108 cm³/mol. The van der Waals surface area contributed by atoms with E-state index in [2.05, 4.69) is 40.0 Å². The lowest BCUT2D eigenvalue weighted by Crippen LogP contribution is -2.19. The Morgan fingerprint density at radius 2 is 1.84 bits per heavy atom. The molecule has 0 atom stereocenters. The molecule has 0 aliphatic rings. The highest BCUT2D eigenvalue weighted by atomic mass is 127. The van der Waals surface area contributed by atoms with Crippen molar-refractivity contribution < 1.29 is 14.3 Å². The number of halogens is 1. The second-order valence-corrected chi connectivity index (χ2v) is 6.54. The first-order valence-corrected chi connectivity index (χ1v) is 8.96. The largest absolute Gasteiger partial charge is 0.493 e. The number of hydrogen-bond acceptors (Lipinski definition) is 4. The Balaban J connectivity index is 1.97. The van der Waals surface area contributed by atoms with Crippen LogP contribution in [0.5, 0.6) is 11.5 Å². The standard InChI is InChI=1S/C19H21IN2O3/c1-4-13-5-7-14(8-6-13)11-18(23)22-21-12-15-9-16(20)19(25-3)17(10-15)24-2/h5-10,12H,4,11H2,1-3H3,(H,22,23)/b21-12+. The minimum absolute atomic E-state index is 0.157. The number of hydrazone groups is 1. The molecule has 2 aromatic rings. The van der Waals surface area contributed by atoms with Crippen molar-refractivity contribution in [3.8, 4) is 11.5 Å². The Labute approximate surface area is 161 Å². The van der Waals surface area contributed by atoms with Crippen LogP contribution >= 0.6 is 22.6 Å². The third-order valence-corrected chi connectivity index (χ3v) is 4.46. The van der Waals surface area contributed by atoms with Crippen LogP contribution in [0.4, 0.5) is 0 Å². The molecule has 0 spiro atoms. The zero-order chi connectivity index (χ0) is 18.2. The van der Waals surface area contributed by atoms with E-state index in [1.54, 1.807) is 26.5 Å². The van der Waals surface area contributed by atoms with Gasteiger partial charge in [-0.25, -0.2) is 5.43 Å². The normalized spacial score (nSPS) is 10.7. The number of amides is 1. The zero-order valence-electron chi connectivity index (χ0n) is 14.5. The van der Waals surface area contributed by atoms with Gasteiger partial charge in [0.05, 0.1) is 30.4 Å². The Morgan fingerprint density at radius 1 is 1.16 bits per heavy atom. The van der Waals surface area contributed by atoms with Crippen LogP contribution < -0.4 is 14.9 Å². The predicted octanol–water partition coefficient (Wildman–Crippen LogP) is 3.56. The van der Waals surface area contributed by atoms with E-state index in [1.165, 1.54) is 5.56 Å². The van der Waals surface area contributed by atoms with Gasteiger partial charge < -0.3 is 9.47 Å². The first kappa shape index (κ1) is 19.2. The van der Waals surface area contributed by atoms with Crippen molar-refractivity contribution in [2.75, 3.05) is 14.2 Å². The molecule has 2 rings (SSSR count). The van der Waals surface area contributed by atoms with Crippen molar-refractivity contribution >= 4 is 34.7 Å². The van der Waals surface area contributed by atoms with E-state index >= 15 is 0 Å². The molecule has 1 amide bonds. The first-order chi connectivity index (χ1) is 12.1. The SMILES string of the molecule is CCc1ccc(CC(=O)N/N=C/c2cc(I)c(OC)c(OC)c2)cc1. The lowest BCUT2D eigenvalue weighted by atomic mass is 10.1. The number of methoxy groups -OCH3 is 2. The number of hydrogen-bond donors (Lipinski definition) is 1. The van der Waals surface area contributed by atoms with Crippen molar-refractivity contribution in [2.24, 2.45) is 5.10 Å². The number of ether oxygens (including phenoxy) is 2. The summed E-state index contributed by atoms with van der Waals surface area (Å²) in [6.07, 6.45) is 2.87. The summed E-state index contributed by atoms with van der Waals surface area (Å²) in [7, 11) is 3.18. The molecule has 0 heterocycles. The molecule has 25 heavy (non-hydrogen) atoms. The van der Waals surface area contributed by atoms with E-state index in [1.807, 2.05) is 30.3 Å². The van der Waals surface area contributed by atoms with Gasteiger partial charge in [-0.05, 0) is 57.8 Å². The van der Waals surface area contributed by atoms with E-state index < -0.39 is 0 Å². The molecule has 132 valence electrons. The smallest absolute Gasteiger partial charge is 0.244 e. The molecule has 5 nitrogen and oxygen atoms in total. The maximum atomic E-state index is 12.0. The summed E-state index contributed by atoms with van der Waals surface area (Å²) in [5.74, 6) is 1.15. The van der Waals surface area contributed by atoms with E-state index in [-0.39, 0.29) is 5.91 Å². The van der Waals surface area contributed by atoms with Crippen LogP contribution in [0, 0.1) is 3.57 Å². The molecule has 2 aromatic carbocycles. The van der Waals surface area contributed by atoms with Crippen molar-refractivity contribution in [1.29, 1.82) is 0 Å². The summed E-state index contributed by atoms with van der Waals surface area (Å²) < 4.78 is 11.5. The van der Waals surface area contributed by atoms with Gasteiger partial charge in [0.15, 0.2) is 11.5 Å². The minimum Gasteiger partial charge on any atom is -0.493 e. The lowest BCUT2D eigenvalue weighted by molar-refractivity contribution is -0.120. The topological polar surface area (TPSA) is 59.9 Å². The van der Waals surface area contributed by atoms with E-state index in [0.717, 1.165) is 21.1 Å². The molecule has 0 aromatic heterocycles. The Kier molecular flexibility index (Phi) is 7.24. The summed E-state index contributed by atoms with van der Waals surface area (Å²) in [6, 6.07) is 11.7. The number of aryl methyl sites for hydroxylation is 1. The third-order valence-electron chi connectivity index (χ3n) is 3.65. The second-order valence-electron chi connectivity index (χ2n) is 5.38. The van der Waals surface area contributed by atoms with Crippen molar-refractivity contribution in [1.82, 2.24) is 5.43 Å². The molecule has 0 bridgehead atoms. The summed E-state index contributed by atoms with van der Waals surface area (Å²) >= 11 is 2.17. The van der Waals surface area contributed by atoms with Crippen molar-refractivity contribution in [3.05, 3.63) is 56.7 Å². The number of carbonyl (C=O) groups is 1. The van der Waals surface area contributed by atoms with Crippen LogP contribution in [0.3, 0.4) is 0 Å². The first-order valence-electron chi connectivity index (χ1n) is 7.88. The number of nitrogens with zero attached hydrogens (tertiary/aromatic N) is 1. The van der Waals surface area contributed by atoms with Crippen LogP contribution in [-0.2, 0) is 17.6 Å². The average Bonchev–Trinajstić information content (AvgIpc) is 2.61. The molecule has 6 heteroatoms. The highest BCUT2D eigenvalue weighted by Gasteiger charge is 2.09. The van der Waals surface area contributed by atoms with Gasteiger partial charge in [0, 0.05) is 0 Å². The highest BCUT2D eigenvalue weighted by molar-refractivity contribution is 14.1. The fraction of sp³-hybridized carbons (Fsp3) is 0.263. The van der Waals surface area contributed by atoms with Gasteiger partial charge in [0.2, 0.25) is 5.91 Å². The Morgan fingerprint density at radius 3 is 2.44 bits per heavy atom. The van der Waals surface area contributed by atoms with Crippen LogP contribution in [0.2, 0.25) is 0 Å². The minimum atomic E-state index is -0.157. The summed E-state index contributed by atoms with van der Waals surface area (Å²) in [5, 5.41) is 4.02. The average molecular weight is 452 g/mol. The molecule has 0 saturated heterocycles. The third kappa shape index (κ3) is 5.45. The maximum absolute atomic E-state index is 12.0. The van der Waals surface area contributed by atoms with Gasteiger partial charge in [-0.15, -0.1) is 0 Å². The van der Waals surface area contributed by atoms with Crippen LogP contribution in [0.25, 0.3) is 0 Å². The van der Waals surface area contributed by atoms with Gasteiger partial charge >= 0.3 is 0 Å². The summed E-state index contributed by atoms with van der Waals surface area (Å²) in [5.41, 5.74) is 5.58. The monoisotopic (exact) mass is 452 g/mol. The Bertz CT molecular complexity index is 758. The highest BCUT2D eigenvalue weighted by Crippen LogP contribution is 2.32. The van der Waals surface area contributed by atoms with Crippen LogP contribution in [-0.4, -0.2) is 26.3 Å². The van der Waals surface area contributed by atoms with Gasteiger partial charge in [0.1, 0.15) is 0 Å². The van der Waals surface area contributed by atoms with Gasteiger partial charge in [-0.2, -0.15) is 5.10 Å². The molecule has 1 N–H and O–H groups in total. The van der Waals surface area contributed by atoms with Crippen LogP contribution in [0.15, 0.2) is 41.5 Å². The lowest BCUT2D eigenvalue weighted by Gasteiger charge is -2.10. The fourth-order valence-corrected chi connectivity index (χ4v) is 3.15. The summed E-state index contributed by atoms with van der Waals surface area (Å²) in [6.45, 7) is 2.10. The van der Waals surface area contributed by atoms with Crippen LogP contribution in [0.1, 0.15) is 23.6 Å². The van der Waals surface area contributed by atoms with Crippen molar-refractivity contribution in [2.45, 2.75) is 19.8 Å². The molecule has 0 saturated carbocycles. The van der Waals surface area contributed by atoms with Gasteiger partial charge in [0.25, 0.3) is 0 Å². The fourth-order valence-electron chi connectivity index (χ4n) is 2.31. The number of benzene rings is 2. The molecule has 0 fully saturated rings. The molecule has 0 radical (unpaired) electrons. The quantitative estimate of drug-likeness (QED) is 0.397. The molecular formula is C19H21IN2O3. The molecular weight excluding hydrogens is 431 g/mol. The van der Waals surface area contributed by atoms with Gasteiger partial charge in [-0.3, -0.25) is 4.79 Å². The number of nitrogens with one attached hydrogen (secondary N) is 1. The summed E-state index contributed by atoms with van der Waals surface area (Å²) in [4.78, 5) is 12.0. The van der Waals surface area contributed by atoms with E-state index in [0.29, 0.717) is 17.9 Å². The number of carbonyl (C=O) groups excluding carboxylic acids is 1. The van der Waals surface area contributed by atoms with E-state index in [4.69, 9.17) is 9.47 Å². The molecule has 0 aliphatic heterocycles. The Hall–Kier alpha value is -2.09. The molecule has 0 aliphatic carbocycles. The number of rotatable bonds is 7. The maximum Gasteiger partial charge on any atom is 0.244 e. The van der Waals surface area contributed by atoms with Crippen molar-refractivity contribution in [3.63, 3.8) is 0 Å². The van der Waals surface area contributed by atoms with E-state index in [9.17, 15) is 4.79 Å².